The van der Waals surface area contributed by atoms with E-state index in [9.17, 15) is 0 Å². The SMILES string of the molecule is CCN=C(NCC)Nc1c(Cl)c(Cl)c(Cl)c(Cl)c1Cl. The first-order valence-electron chi connectivity index (χ1n) is 5.50. The summed E-state index contributed by atoms with van der Waals surface area (Å²) in [6, 6.07) is 0. The largest absolute Gasteiger partial charge is 0.356 e. The minimum Gasteiger partial charge on any atom is -0.356 e. The lowest BCUT2D eigenvalue weighted by molar-refractivity contribution is 0.944. The lowest BCUT2D eigenvalue weighted by Gasteiger charge is -2.16. The predicted molar refractivity (Wildman–Crippen MR) is 86.8 cm³/mol. The van der Waals surface area contributed by atoms with Crippen LogP contribution in [0.5, 0.6) is 0 Å². The van der Waals surface area contributed by atoms with Crippen molar-refractivity contribution in [1.82, 2.24) is 5.32 Å². The van der Waals surface area contributed by atoms with Crippen LogP contribution < -0.4 is 10.6 Å². The van der Waals surface area contributed by atoms with Crippen LogP contribution in [0.25, 0.3) is 0 Å². The summed E-state index contributed by atoms with van der Waals surface area (Å²) in [5.41, 5.74) is 0.371. The maximum Gasteiger partial charge on any atom is 0.195 e. The summed E-state index contributed by atoms with van der Waals surface area (Å²) in [7, 11) is 0. The van der Waals surface area contributed by atoms with E-state index >= 15 is 0 Å². The first-order valence-corrected chi connectivity index (χ1v) is 7.39. The summed E-state index contributed by atoms with van der Waals surface area (Å²) in [5, 5.41) is 6.83. The van der Waals surface area contributed by atoms with Gasteiger partial charge in [0.05, 0.1) is 30.8 Å². The van der Waals surface area contributed by atoms with Crippen LogP contribution in [0, 0.1) is 0 Å². The molecule has 106 valence electrons. The van der Waals surface area contributed by atoms with E-state index in [0.29, 0.717) is 24.7 Å². The van der Waals surface area contributed by atoms with Crippen LogP contribution in [-0.4, -0.2) is 19.0 Å². The van der Waals surface area contributed by atoms with Gasteiger partial charge in [0.15, 0.2) is 5.96 Å². The number of anilines is 1. The topological polar surface area (TPSA) is 36.4 Å². The summed E-state index contributed by atoms with van der Waals surface area (Å²) in [4.78, 5) is 4.23. The summed E-state index contributed by atoms with van der Waals surface area (Å²) < 4.78 is 0. The molecule has 2 N–H and O–H groups in total. The molecule has 0 atom stereocenters. The number of hydrogen-bond donors (Lipinski definition) is 2. The Hall–Kier alpha value is -0.0600. The molecule has 0 aliphatic carbocycles. The maximum absolute atomic E-state index is 6.12. The molecule has 0 aliphatic heterocycles. The van der Waals surface area contributed by atoms with Gasteiger partial charge in [-0.3, -0.25) is 4.99 Å². The van der Waals surface area contributed by atoms with Crippen LogP contribution in [0.1, 0.15) is 13.8 Å². The average Bonchev–Trinajstić information content (AvgIpc) is 2.39. The van der Waals surface area contributed by atoms with Crippen LogP contribution in [0.15, 0.2) is 4.99 Å². The van der Waals surface area contributed by atoms with Crippen molar-refractivity contribution < 1.29 is 0 Å². The summed E-state index contributed by atoms with van der Waals surface area (Å²) in [5.74, 6) is 0.531. The number of hydrogen-bond acceptors (Lipinski definition) is 1. The Bertz CT molecular complexity index is 473. The Morgan fingerprint density at radius 3 is 1.79 bits per heavy atom. The molecule has 0 saturated carbocycles. The molecule has 0 aliphatic rings. The Morgan fingerprint density at radius 2 is 1.37 bits per heavy atom. The number of guanidine groups is 1. The van der Waals surface area contributed by atoms with E-state index in [0.717, 1.165) is 0 Å². The van der Waals surface area contributed by atoms with Crippen LogP contribution in [0.4, 0.5) is 5.69 Å². The van der Waals surface area contributed by atoms with Gasteiger partial charge in [-0.1, -0.05) is 58.0 Å². The number of nitrogens with zero attached hydrogens (tertiary/aromatic N) is 1. The van der Waals surface area contributed by atoms with E-state index in [-0.39, 0.29) is 25.1 Å². The lowest BCUT2D eigenvalue weighted by Crippen LogP contribution is -2.31. The first-order chi connectivity index (χ1) is 8.93. The quantitative estimate of drug-likeness (QED) is 0.329. The molecule has 0 radical (unpaired) electrons. The third kappa shape index (κ3) is 3.96. The molecule has 0 unspecified atom stereocenters. The summed E-state index contributed by atoms with van der Waals surface area (Å²) in [6.07, 6.45) is 0. The highest BCUT2D eigenvalue weighted by atomic mass is 35.5. The Labute approximate surface area is 137 Å². The fourth-order valence-electron chi connectivity index (χ4n) is 1.30. The van der Waals surface area contributed by atoms with Crippen LogP contribution >= 0.6 is 58.0 Å². The van der Waals surface area contributed by atoms with Gasteiger partial charge in [0.1, 0.15) is 0 Å². The number of rotatable bonds is 3. The Morgan fingerprint density at radius 1 is 0.895 bits per heavy atom. The van der Waals surface area contributed by atoms with E-state index in [1.54, 1.807) is 0 Å². The molecule has 1 aromatic rings. The second-order valence-electron chi connectivity index (χ2n) is 3.42. The Kier molecular flexibility index (Phi) is 6.84. The maximum atomic E-state index is 6.12. The highest BCUT2D eigenvalue weighted by Crippen LogP contribution is 2.46. The highest BCUT2D eigenvalue weighted by Gasteiger charge is 2.20. The van der Waals surface area contributed by atoms with Gasteiger partial charge in [-0.15, -0.1) is 0 Å². The third-order valence-electron chi connectivity index (χ3n) is 2.11. The fourth-order valence-corrected chi connectivity index (χ4v) is 2.53. The summed E-state index contributed by atoms with van der Waals surface area (Å²) >= 11 is 30.1. The first kappa shape index (κ1) is 17.0. The molecule has 0 spiro atoms. The van der Waals surface area contributed by atoms with Gasteiger partial charge in [0, 0.05) is 13.1 Å². The predicted octanol–water partition coefficient (Wildman–Crippen LogP) is 5.35. The van der Waals surface area contributed by atoms with Crippen molar-refractivity contribution in [3.05, 3.63) is 25.1 Å². The molecule has 8 heteroatoms. The zero-order valence-electron chi connectivity index (χ0n) is 10.3. The molecule has 0 saturated heterocycles. The number of halogens is 5. The van der Waals surface area contributed by atoms with Gasteiger partial charge in [0.25, 0.3) is 0 Å². The molecule has 0 amide bonds. The molecular weight excluding hydrogens is 351 g/mol. The van der Waals surface area contributed by atoms with Crippen molar-refractivity contribution in [3.8, 4) is 0 Å². The average molecular weight is 364 g/mol. The lowest BCUT2D eigenvalue weighted by atomic mass is 10.3. The van der Waals surface area contributed by atoms with E-state index in [4.69, 9.17) is 58.0 Å². The minimum absolute atomic E-state index is 0.126. The number of benzene rings is 1. The zero-order valence-corrected chi connectivity index (χ0v) is 14.0. The van der Waals surface area contributed by atoms with E-state index < -0.39 is 0 Å². The normalized spacial score (nSPS) is 11.6. The van der Waals surface area contributed by atoms with Crippen LogP contribution in [-0.2, 0) is 0 Å². The second kappa shape index (κ2) is 7.65. The monoisotopic (exact) mass is 361 g/mol. The van der Waals surface area contributed by atoms with Gasteiger partial charge in [-0.05, 0) is 13.8 Å². The van der Waals surface area contributed by atoms with Gasteiger partial charge < -0.3 is 10.6 Å². The highest BCUT2D eigenvalue weighted by molar-refractivity contribution is 6.56. The second-order valence-corrected chi connectivity index (χ2v) is 5.31. The van der Waals surface area contributed by atoms with Crippen molar-refractivity contribution in [2.24, 2.45) is 4.99 Å². The molecular formula is C11H12Cl5N3. The van der Waals surface area contributed by atoms with Crippen molar-refractivity contribution in [2.45, 2.75) is 13.8 Å². The summed E-state index contributed by atoms with van der Waals surface area (Å²) in [6.45, 7) is 5.14. The van der Waals surface area contributed by atoms with Crippen LogP contribution in [0.3, 0.4) is 0 Å². The smallest absolute Gasteiger partial charge is 0.195 e. The molecule has 0 heterocycles. The zero-order chi connectivity index (χ0) is 14.6. The number of nitrogens with one attached hydrogen (secondary N) is 2. The molecule has 0 fully saturated rings. The fraction of sp³-hybridized carbons (Fsp3) is 0.364. The van der Waals surface area contributed by atoms with E-state index in [1.807, 2.05) is 13.8 Å². The van der Waals surface area contributed by atoms with Gasteiger partial charge in [-0.2, -0.15) is 0 Å². The van der Waals surface area contributed by atoms with Crippen molar-refractivity contribution >= 4 is 69.7 Å². The molecule has 3 nitrogen and oxygen atoms in total. The number of aliphatic imine (C=N–C) groups is 1. The minimum atomic E-state index is 0.126. The standard InChI is InChI=1S/C11H12Cl5N3/c1-3-17-11(18-4-2)19-10-8(15)6(13)5(12)7(14)9(10)16/h3-4H2,1-2H3,(H2,17,18,19). The van der Waals surface area contributed by atoms with Gasteiger partial charge >= 0.3 is 0 Å². The van der Waals surface area contributed by atoms with Gasteiger partial charge in [-0.25, -0.2) is 0 Å². The molecule has 19 heavy (non-hydrogen) atoms. The van der Waals surface area contributed by atoms with Crippen molar-refractivity contribution in [1.29, 1.82) is 0 Å². The Balaban J connectivity index is 3.24. The molecule has 1 aromatic carbocycles. The van der Waals surface area contributed by atoms with E-state index in [2.05, 4.69) is 15.6 Å². The van der Waals surface area contributed by atoms with Gasteiger partial charge in [0.2, 0.25) is 0 Å². The van der Waals surface area contributed by atoms with Crippen LogP contribution in [0.2, 0.25) is 25.1 Å². The molecule has 0 bridgehead atoms. The van der Waals surface area contributed by atoms with Crippen molar-refractivity contribution in [2.75, 3.05) is 18.4 Å². The molecule has 0 aromatic heterocycles. The van der Waals surface area contributed by atoms with Crippen molar-refractivity contribution in [3.63, 3.8) is 0 Å². The molecule has 1 rings (SSSR count). The third-order valence-corrected chi connectivity index (χ3v) is 4.39. The van der Waals surface area contributed by atoms with E-state index in [1.165, 1.54) is 0 Å².